The first-order chi connectivity index (χ1) is 22.6. The van der Waals surface area contributed by atoms with Gasteiger partial charge in [-0.15, -0.1) is 0 Å². The Morgan fingerprint density at radius 3 is 1.46 bits per heavy atom. The minimum atomic E-state index is -0.439. The molecule has 3 aromatic heterocycles. The second-order valence-electron chi connectivity index (χ2n) is 12.8. The van der Waals surface area contributed by atoms with E-state index < -0.39 is 5.41 Å². The molecule has 2 aliphatic rings. The number of aromatic nitrogens is 3. The van der Waals surface area contributed by atoms with E-state index in [2.05, 4.69) is 127 Å². The third kappa shape index (κ3) is 3.69. The van der Waals surface area contributed by atoms with Gasteiger partial charge in [0.15, 0.2) is 0 Å². The smallest absolute Gasteiger partial charge is 0.0900 e. The molecule has 0 bridgehead atoms. The normalized spacial score (nSPS) is 14.7. The molecule has 3 heteroatoms. The highest BCUT2D eigenvalue weighted by Crippen LogP contribution is 2.62. The van der Waals surface area contributed by atoms with Crippen molar-refractivity contribution in [3.63, 3.8) is 0 Å². The fraction of sp³-hybridized carbons (Fsp3) is 0.0930. The van der Waals surface area contributed by atoms with Crippen LogP contribution in [0.2, 0.25) is 0 Å². The SMILES string of the molecule is CC1(C)c2ccccc2C2(c3ccccc3-c3ccccc32)c2cc(-c3cc(-c4ccccn4)nc(-c4ccccn4)c3)ccc21. The molecule has 0 saturated carbocycles. The second kappa shape index (κ2) is 9.92. The molecule has 4 aromatic carbocycles. The van der Waals surface area contributed by atoms with Crippen molar-refractivity contribution in [1.29, 1.82) is 0 Å². The Kier molecular flexibility index (Phi) is 5.76. The quantitative estimate of drug-likeness (QED) is 0.206. The summed E-state index contributed by atoms with van der Waals surface area (Å²) in [6.45, 7) is 4.74. The van der Waals surface area contributed by atoms with Crippen molar-refractivity contribution in [1.82, 2.24) is 15.0 Å². The summed E-state index contributed by atoms with van der Waals surface area (Å²) < 4.78 is 0. The van der Waals surface area contributed by atoms with Gasteiger partial charge in [-0.25, -0.2) is 4.98 Å². The molecule has 0 unspecified atom stereocenters. The summed E-state index contributed by atoms with van der Waals surface area (Å²) in [5, 5.41) is 0. The lowest BCUT2D eigenvalue weighted by molar-refractivity contribution is 0.563. The van der Waals surface area contributed by atoms with E-state index in [4.69, 9.17) is 4.98 Å². The maximum atomic E-state index is 5.05. The molecule has 0 amide bonds. The van der Waals surface area contributed by atoms with Crippen molar-refractivity contribution in [3.8, 4) is 45.0 Å². The fourth-order valence-corrected chi connectivity index (χ4v) is 8.03. The Bertz CT molecular complexity index is 2180. The van der Waals surface area contributed by atoms with Gasteiger partial charge in [0.2, 0.25) is 0 Å². The van der Waals surface area contributed by atoms with Crippen LogP contribution in [0.3, 0.4) is 0 Å². The molecule has 0 saturated heterocycles. The zero-order valence-electron chi connectivity index (χ0n) is 25.8. The van der Waals surface area contributed by atoms with Gasteiger partial charge in [-0.1, -0.05) is 111 Å². The Morgan fingerprint density at radius 1 is 0.391 bits per heavy atom. The van der Waals surface area contributed by atoms with Crippen molar-refractivity contribution in [2.45, 2.75) is 24.7 Å². The standard InChI is InChI=1S/C43H31N3/c1-42(2)34-17-7-8-18-36(34)43(32-15-5-3-13-30(32)31-14-4-6-16-33(31)43)37-25-28(21-22-35(37)42)29-26-40(38-19-9-11-23-44-38)46-41(27-29)39-20-10-12-24-45-39/h3-27H,1-2H3. The maximum absolute atomic E-state index is 5.05. The number of nitrogens with zero attached hydrogens (tertiary/aromatic N) is 3. The Balaban J connectivity index is 1.36. The van der Waals surface area contributed by atoms with Crippen LogP contribution in [0.5, 0.6) is 0 Å². The molecule has 2 aliphatic carbocycles. The van der Waals surface area contributed by atoms with Gasteiger partial charge in [-0.2, -0.15) is 0 Å². The van der Waals surface area contributed by atoms with E-state index in [1.807, 2.05) is 48.8 Å². The summed E-state index contributed by atoms with van der Waals surface area (Å²) >= 11 is 0. The van der Waals surface area contributed by atoms with Crippen LogP contribution in [0.4, 0.5) is 0 Å². The van der Waals surface area contributed by atoms with Crippen molar-refractivity contribution in [2.75, 3.05) is 0 Å². The lowest BCUT2D eigenvalue weighted by atomic mass is 9.55. The summed E-state index contributed by atoms with van der Waals surface area (Å²) in [5.41, 5.74) is 15.7. The number of hydrogen-bond acceptors (Lipinski definition) is 3. The van der Waals surface area contributed by atoms with Gasteiger partial charge in [0, 0.05) is 17.8 Å². The van der Waals surface area contributed by atoms with Gasteiger partial charge in [0.25, 0.3) is 0 Å². The molecule has 0 fully saturated rings. The number of hydrogen-bond donors (Lipinski definition) is 0. The monoisotopic (exact) mass is 589 g/mol. The van der Waals surface area contributed by atoms with Gasteiger partial charge in [-0.05, 0) is 98.1 Å². The zero-order chi connectivity index (χ0) is 30.9. The third-order valence-corrected chi connectivity index (χ3v) is 10.1. The van der Waals surface area contributed by atoms with E-state index in [1.54, 1.807) is 0 Å². The molecule has 1 spiro atoms. The number of fused-ring (bicyclic) bond motifs is 9. The number of pyridine rings is 3. The summed E-state index contributed by atoms with van der Waals surface area (Å²) in [6.07, 6.45) is 3.64. The molecule has 3 nitrogen and oxygen atoms in total. The summed E-state index contributed by atoms with van der Waals surface area (Å²) in [4.78, 5) is 14.4. The number of rotatable bonds is 3. The molecule has 0 atom stereocenters. The minimum absolute atomic E-state index is 0.182. The highest BCUT2D eigenvalue weighted by Gasteiger charge is 2.53. The van der Waals surface area contributed by atoms with Gasteiger partial charge < -0.3 is 0 Å². The van der Waals surface area contributed by atoms with Gasteiger partial charge >= 0.3 is 0 Å². The molecule has 0 radical (unpaired) electrons. The van der Waals surface area contributed by atoms with Gasteiger partial charge in [0.05, 0.1) is 28.2 Å². The summed E-state index contributed by atoms with van der Waals surface area (Å²) in [7, 11) is 0. The van der Waals surface area contributed by atoms with Crippen LogP contribution in [0.25, 0.3) is 45.0 Å². The van der Waals surface area contributed by atoms with E-state index >= 15 is 0 Å². The third-order valence-electron chi connectivity index (χ3n) is 10.1. The maximum Gasteiger partial charge on any atom is 0.0900 e. The van der Waals surface area contributed by atoms with E-state index in [1.165, 1.54) is 44.5 Å². The lowest BCUT2D eigenvalue weighted by Crippen LogP contribution is -2.40. The van der Waals surface area contributed by atoms with Crippen LogP contribution < -0.4 is 0 Å². The highest BCUT2D eigenvalue weighted by molar-refractivity contribution is 5.89. The van der Waals surface area contributed by atoms with Gasteiger partial charge in [-0.3, -0.25) is 9.97 Å². The molecule has 7 aromatic rings. The van der Waals surface area contributed by atoms with Crippen LogP contribution >= 0.6 is 0 Å². The van der Waals surface area contributed by atoms with Crippen LogP contribution in [0.15, 0.2) is 152 Å². The Morgan fingerprint density at radius 2 is 0.891 bits per heavy atom. The molecule has 0 N–H and O–H groups in total. The first kappa shape index (κ1) is 26.7. The van der Waals surface area contributed by atoms with Crippen LogP contribution in [-0.4, -0.2) is 15.0 Å². The minimum Gasteiger partial charge on any atom is -0.255 e. The second-order valence-corrected chi connectivity index (χ2v) is 12.8. The first-order valence-electron chi connectivity index (χ1n) is 15.9. The van der Waals surface area contributed by atoms with Crippen molar-refractivity contribution < 1.29 is 0 Å². The number of benzene rings is 4. The largest absolute Gasteiger partial charge is 0.255 e. The van der Waals surface area contributed by atoms with Crippen molar-refractivity contribution in [3.05, 3.63) is 185 Å². The van der Waals surface area contributed by atoms with Crippen molar-refractivity contribution in [2.24, 2.45) is 0 Å². The topological polar surface area (TPSA) is 38.7 Å². The summed E-state index contributed by atoms with van der Waals surface area (Å²) in [6, 6.07) is 50.4. The molecule has 218 valence electrons. The summed E-state index contributed by atoms with van der Waals surface area (Å²) in [5.74, 6) is 0. The average Bonchev–Trinajstić information content (AvgIpc) is 3.42. The van der Waals surface area contributed by atoms with E-state index in [-0.39, 0.29) is 5.41 Å². The van der Waals surface area contributed by atoms with E-state index in [9.17, 15) is 0 Å². The fourth-order valence-electron chi connectivity index (χ4n) is 8.03. The molecule has 3 heterocycles. The zero-order valence-corrected chi connectivity index (χ0v) is 25.8. The highest BCUT2D eigenvalue weighted by atomic mass is 14.8. The average molecular weight is 590 g/mol. The molecular weight excluding hydrogens is 558 g/mol. The van der Waals surface area contributed by atoms with Gasteiger partial charge in [0.1, 0.15) is 0 Å². The first-order valence-corrected chi connectivity index (χ1v) is 15.9. The molecular formula is C43H31N3. The predicted molar refractivity (Wildman–Crippen MR) is 186 cm³/mol. The van der Waals surface area contributed by atoms with Crippen LogP contribution in [-0.2, 0) is 10.8 Å². The van der Waals surface area contributed by atoms with Crippen LogP contribution in [0.1, 0.15) is 47.2 Å². The Hall–Kier alpha value is -5.67. The molecule has 9 rings (SSSR count). The van der Waals surface area contributed by atoms with E-state index in [0.717, 1.165) is 33.9 Å². The van der Waals surface area contributed by atoms with Crippen molar-refractivity contribution >= 4 is 0 Å². The molecule has 0 aliphatic heterocycles. The van der Waals surface area contributed by atoms with E-state index in [0.29, 0.717) is 0 Å². The predicted octanol–water partition coefficient (Wildman–Crippen LogP) is 9.87. The van der Waals surface area contributed by atoms with Crippen LogP contribution in [0, 0.1) is 0 Å². The lowest BCUT2D eigenvalue weighted by Gasteiger charge is -2.46. The molecule has 46 heavy (non-hydrogen) atoms. The Labute approximate surface area is 269 Å².